The molecule has 0 aliphatic carbocycles. The molecule has 1 aromatic carbocycles. The smallest absolute Gasteiger partial charge is 0.330 e. The molecule has 16 heavy (non-hydrogen) atoms. The third kappa shape index (κ3) is 3.24. The highest BCUT2D eigenvalue weighted by molar-refractivity contribution is 6.07. The predicted octanol–water partition coefficient (Wildman–Crippen LogP) is 1.61. The normalized spacial score (nSPS) is 10.1. The standard InChI is InChI=1S/C12H12O4/c1-15-10-5-3-9(4-6-10)11(13)7-8-12(14)16-2/h3-8H,1-2H3. The van der Waals surface area contributed by atoms with E-state index in [0.29, 0.717) is 11.3 Å². The predicted molar refractivity (Wildman–Crippen MR) is 58.5 cm³/mol. The molecule has 1 rings (SSSR count). The fraction of sp³-hybridized carbons (Fsp3) is 0.167. The Morgan fingerprint density at radius 1 is 1.06 bits per heavy atom. The molecule has 0 bridgehead atoms. The Morgan fingerprint density at radius 2 is 1.69 bits per heavy atom. The monoisotopic (exact) mass is 220 g/mol. The van der Waals surface area contributed by atoms with Gasteiger partial charge in [0.15, 0.2) is 5.78 Å². The highest BCUT2D eigenvalue weighted by atomic mass is 16.5. The lowest BCUT2D eigenvalue weighted by atomic mass is 10.1. The van der Waals surface area contributed by atoms with Gasteiger partial charge in [-0.15, -0.1) is 0 Å². The van der Waals surface area contributed by atoms with Gasteiger partial charge < -0.3 is 9.47 Å². The second-order valence-corrected chi connectivity index (χ2v) is 2.95. The van der Waals surface area contributed by atoms with Crippen LogP contribution >= 0.6 is 0 Å². The summed E-state index contributed by atoms with van der Waals surface area (Å²) in [4.78, 5) is 22.3. The van der Waals surface area contributed by atoms with E-state index in [-0.39, 0.29) is 5.78 Å². The molecule has 0 atom stereocenters. The van der Waals surface area contributed by atoms with Crippen molar-refractivity contribution in [3.63, 3.8) is 0 Å². The average molecular weight is 220 g/mol. The van der Waals surface area contributed by atoms with Crippen molar-refractivity contribution in [3.8, 4) is 5.75 Å². The quantitative estimate of drug-likeness (QED) is 0.439. The summed E-state index contributed by atoms with van der Waals surface area (Å²) in [5.41, 5.74) is 0.487. The van der Waals surface area contributed by atoms with Gasteiger partial charge in [0.2, 0.25) is 0 Å². The van der Waals surface area contributed by atoms with Gasteiger partial charge >= 0.3 is 5.97 Å². The fourth-order valence-corrected chi connectivity index (χ4v) is 1.06. The topological polar surface area (TPSA) is 52.6 Å². The summed E-state index contributed by atoms with van der Waals surface area (Å²) in [6, 6.07) is 6.62. The van der Waals surface area contributed by atoms with Crippen molar-refractivity contribution in [1.82, 2.24) is 0 Å². The van der Waals surface area contributed by atoms with Crippen LogP contribution in [0.3, 0.4) is 0 Å². The van der Waals surface area contributed by atoms with E-state index in [4.69, 9.17) is 4.74 Å². The van der Waals surface area contributed by atoms with E-state index in [1.54, 1.807) is 31.4 Å². The third-order valence-electron chi connectivity index (χ3n) is 1.95. The molecule has 0 aromatic heterocycles. The molecular formula is C12H12O4. The lowest BCUT2D eigenvalue weighted by Gasteiger charge is -1.99. The first-order valence-electron chi connectivity index (χ1n) is 4.62. The van der Waals surface area contributed by atoms with Gasteiger partial charge in [-0.05, 0) is 30.3 Å². The van der Waals surface area contributed by atoms with Crippen molar-refractivity contribution < 1.29 is 19.1 Å². The van der Waals surface area contributed by atoms with Crippen LogP contribution < -0.4 is 4.74 Å². The lowest BCUT2D eigenvalue weighted by Crippen LogP contribution is -1.98. The van der Waals surface area contributed by atoms with Crippen molar-refractivity contribution in [2.75, 3.05) is 14.2 Å². The number of hydrogen-bond acceptors (Lipinski definition) is 4. The van der Waals surface area contributed by atoms with Gasteiger partial charge in [-0.3, -0.25) is 4.79 Å². The summed E-state index contributed by atoms with van der Waals surface area (Å²) >= 11 is 0. The van der Waals surface area contributed by atoms with E-state index < -0.39 is 5.97 Å². The molecule has 0 N–H and O–H groups in total. The molecule has 1 aromatic rings. The van der Waals surface area contributed by atoms with E-state index in [2.05, 4.69) is 4.74 Å². The van der Waals surface area contributed by atoms with E-state index in [1.165, 1.54) is 13.2 Å². The molecule has 0 fully saturated rings. The van der Waals surface area contributed by atoms with Crippen molar-refractivity contribution in [1.29, 1.82) is 0 Å². The van der Waals surface area contributed by atoms with Gasteiger partial charge in [0.25, 0.3) is 0 Å². The fourth-order valence-electron chi connectivity index (χ4n) is 1.06. The maximum absolute atomic E-state index is 11.5. The number of methoxy groups -OCH3 is 2. The minimum atomic E-state index is -0.554. The number of allylic oxidation sites excluding steroid dienone is 1. The minimum Gasteiger partial charge on any atom is -0.497 e. The molecule has 0 saturated heterocycles. The van der Waals surface area contributed by atoms with Crippen LogP contribution in [0.15, 0.2) is 36.4 Å². The van der Waals surface area contributed by atoms with Gasteiger partial charge in [0.05, 0.1) is 14.2 Å². The zero-order valence-electron chi connectivity index (χ0n) is 9.10. The van der Waals surface area contributed by atoms with Gasteiger partial charge in [-0.1, -0.05) is 0 Å². The Bertz CT molecular complexity index is 404. The van der Waals surface area contributed by atoms with Crippen LogP contribution in [0, 0.1) is 0 Å². The van der Waals surface area contributed by atoms with E-state index >= 15 is 0 Å². The molecular weight excluding hydrogens is 208 g/mol. The average Bonchev–Trinajstić information content (AvgIpc) is 2.35. The highest BCUT2D eigenvalue weighted by Gasteiger charge is 2.02. The van der Waals surface area contributed by atoms with Crippen LogP contribution in [0.4, 0.5) is 0 Å². The van der Waals surface area contributed by atoms with E-state index in [0.717, 1.165) is 6.08 Å². The summed E-state index contributed by atoms with van der Waals surface area (Å²) in [6.07, 6.45) is 2.26. The van der Waals surface area contributed by atoms with Crippen LogP contribution in [0.1, 0.15) is 10.4 Å². The summed E-state index contributed by atoms with van der Waals surface area (Å²) in [6.45, 7) is 0. The first-order chi connectivity index (χ1) is 7.67. The van der Waals surface area contributed by atoms with Crippen molar-refractivity contribution in [3.05, 3.63) is 42.0 Å². The van der Waals surface area contributed by atoms with E-state index in [9.17, 15) is 9.59 Å². The SMILES string of the molecule is COC(=O)C=CC(=O)c1ccc(OC)cc1. The Hall–Kier alpha value is -2.10. The summed E-state index contributed by atoms with van der Waals surface area (Å²) in [7, 11) is 2.80. The zero-order chi connectivity index (χ0) is 12.0. The summed E-state index contributed by atoms with van der Waals surface area (Å²) in [5.74, 6) is -0.136. The van der Waals surface area contributed by atoms with Gasteiger partial charge in [0, 0.05) is 11.6 Å². The lowest BCUT2D eigenvalue weighted by molar-refractivity contribution is -0.134. The van der Waals surface area contributed by atoms with E-state index in [1.807, 2.05) is 0 Å². The third-order valence-corrected chi connectivity index (χ3v) is 1.95. The number of carbonyl (C=O) groups excluding carboxylic acids is 2. The number of hydrogen-bond donors (Lipinski definition) is 0. The Morgan fingerprint density at radius 3 is 2.19 bits per heavy atom. The summed E-state index contributed by atoms with van der Waals surface area (Å²) < 4.78 is 9.34. The van der Waals surface area contributed by atoms with Crippen molar-refractivity contribution >= 4 is 11.8 Å². The van der Waals surface area contributed by atoms with Crippen LogP contribution in [-0.4, -0.2) is 26.0 Å². The molecule has 0 unspecified atom stereocenters. The largest absolute Gasteiger partial charge is 0.497 e. The molecule has 84 valence electrons. The van der Waals surface area contributed by atoms with Gasteiger partial charge in [0.1, 0.15) is 5.75 Å². The molecule has 0 radical (unpaired) electrons. The highest BCUT2D eigenvalue weighted by Crippen LogP contribution is 2.11. The number of ketones is 1. The Balaban J connectivity index is 2.73. The second-order valence-electron chi connectivity index (χ2n) is 2.95. The molecule has 0 aliphatic heterocycles. The minimum absolute atomic E-state index is 0.256. The van der Waals surface area contributed by atoms with Crippen molar-refractivity contribution in [2.45, 2.75) is 0 Å². The Labute approximate surface area is 93.5 Å². The first-order valence-corrected chi connectivity index (χ1v) is 4.62. The molecule has 0 spiro atoms. The molecule has 0 heterocycles. The number of esters is 1. The molecule has 0 saturated carbocycles. The molecule has 0 aliphatic rings. The number of rotatable bonds is 4. The number of carbonyl (C=O) groups is 2. The first kappa shape index (κ1) is 12.0. The van der Waals surface area contributed by atoms with Crippen molar-refractivity contribution in [2.24, 2.45) is 0 Å². The van der Waals surface area contributed by atoms with Crippen LogP contribution in [0.5, 0.6) is 5.75 Å². The number of benzene rings is 1. The maximum atomic E-state index is 11.5. The molecule has 4 nitrogen and oxygen atoms in total. The van der Waals surface area contributed by atoms with Crippen LogP contribution in [-0.2, 0) is 9.53 Å². The zero-order valence-corrected chi connectivity index (χ0v) is 9.10. The van der Waals surface area contributed by atoms with Gasteiger partial charge in [-0.2, -0.15) is 0 Å². The maximum Gasteiger partial charge on any atom is 0.330 e. The summed E-state index contributed by atoms with van der Waals surface area (Å²) in [5, 5.41) is 0. The molecule has 4 heteroatoms. The molecule has 0 amide bonds. The van der Waals surface area contributed by atoms with Crippen LogP contribution in [0.2, 0.25) is 0 Å². The second kappa shape index (κ2) is 5.70. The number of ether oxygens (including phenoxy) is 2. The van der Waals surface area contributed by atoms with Crippen LogP contribution in [0.25, 0.3) is 0 Å². The van der Waals surface area contributed by atoms with Gasteiger partial charge in [-0.25, -0.2) is 4.79 Å². The Kier molecular flexibility index (Phi) is 4.27.